The highest BCUT2D eigenvalue weighted by atomic mass is 32.2. The van der Waals surface area contributed by atoms with Crippen LogP contribution in [0.4, 0.5) is 0 Å². The third-order valence-corrected chi connectivity index (χ3v) is 4.82. The standard InChI is InChI=1S/C15H12O4S/c1-19-15(18)10-6-7-20-14(10)11-12(16)8-4-2-3-5-9(8)13(11)17/h2-5,10H,6-7H2,1H3. The van der Waals surface area contributed by atoms with Crippen LogP contribution in [0.1, 0.15) is 27.1 Å². The van der Waals surface area contributed by atoms with Gasteiger partial charge in [-0.1, -0.05) is 24.3 Å². The molecule has 1 unspecified atom stereocenters. The van der Waals surface area contributed by atoms with Crippen molar-refractivity contribution >= 4 is 29.3 Å². The molecule has 0 amide bonds. The molecule has 0 radical (unpaired) electrons. The highest BCUT2D eigenvalue weighted by Gasteiger charge is 2.41. The number of allylic oxidation sites excluding steroid dienone is 1. The summed E-state index contributed by atoms with van der Waals surface area (Å²) in [6.07, 6.45) is 0.604. The lowest BCUT2D eigenvalue weighted by molar-refractivity contribution is -0.143. The van der Waals surface area contributed by atoms with Crippen LogP contribution in [0.3, 0.4) is 0 Å². The third kappa shape index (κ3) is 1.81. The molecular formula is C15H12O4S. The fraction of sp³-hybridized carbons (Fsp3) is 0.267. The summed E-state index contributed by atoms with van der Waals surface area (Å²) in [7, 11) is 1.32. The van der Waals surface area contributed by atoms with Crippen molar-refractivity contribution in [2.75, 3.05) is 12.9 Å². The quantitative estimate of drug-likeness (QED) is 0.450. The fourth-order valence-electron chi connectivity index (χ4n) is 2.61. The smallest absolute Gasteiger partial charge is 0.313 e. The number of hydrogen-bond donors (Lipinski definition) is 0. The van der Waals surface area contributed by atoms with Crippen molar-refractivity contribution in [2.45, 2.75) is 6.42 Å². The summed E-state index contributed by atoms with van der Waals surface area (Å²) in [5, 5.41) is 0. The molecule has 1 fully saturated rings. The molecule has 1 atom stereocenters. The summed E-state index contributed by atoms with van der Waals surface area (Å²) in [4.78, 5) is 37.2. The van der Waals surface area contributed by atoms with E-state index in [4.69, 9.17) is 4.74 Å². The van der Waals surface area contributed by atoms with Gasteiger partial charge in [-0.2, -0.15) is 0 Å². The second-order valence-corrected chi connectivity index (χ2v) is 5.79. The van der Waals surface area contributed by atoms with Crippen LogP contribution in [0.2, 0.25) is 0 Å². The van der Waals surface area contributed by atoms with Gasteiger partial charge >= 0.3 is 5.97 Å². The van der Waals surface area contributed by atoms with Crippen molar-refractivity contribution in [1.82, 2.24) is 0 Å². The number of benzene rings is 1. The number of Topliss-reactive ketones (excluding diaryl/α,β-unsaturated/α-hetero) is 2. The van der Waals surface area contributed by atoms with Crippen LogP contribution in [0.5, 0.6) is 0 Å². The molecule has 0 aromatic heterocycles. The van der Waals surface area contributed by atoms with E-state index < -0.39 is 5.92 Å². The van der Waals surface area contributed by atoms with Crippen LogP contribution in [-0.4, -0.2) is 30.4 Å². The molecule has 20 heavy (non-hydrogen) atoms. The van der Waals surface area contributed by atoms with Gasteiger partial charge in [0.1, 0.15) is 0 Å². The second-order valence-electron chi connectivity index (χ2n) is 4.66. The molecular weight excluding hydrogens is 276 g/mol. The molecule has 1 aromatic carbocycles. The molecule has 3 rings (SSSR count). The summed E-state index contributed by atoms with van der Waals surface area (Å²) >= 11 is 1.41. The zero-order chi connectivity index (χ0) is 14.3. The predicted octanol–water partition coefficient (Wildman–Crippen LogP) is 2.25. The van der Waals surface area contributed by atoms with Gasteiger partial charge in [-0.15, -0.1) is 11.8 Å². The fourth-order valence-corrected chi connectivity index (χ4v) is 3.93. The first kappa shape index (κ1) is 13.1. The molecule has 1 heterocycles. The van der Waals surface area contributed by atoms with E-state index in [-0.39, 0.29) is 23.1 Å². The van der Waals surface area contributed by atoms with E-state index in [1.165, 1.54) is 18.9 Å². The van der Waals surface area contributed by atoms with E-state index in [2.05, 4.69) is 0 Å². The van der Waals surface area contributed by atoms with Crippen molar-refractivity contribution in [2.24, 2.45) is 5.92 Å². The van der Waals surface area contributed by atoms with Gasteiger partial charge in [0.2, 0.25) is 0 Å². The van der Waals surface area contributed by atoms with Gasteiger partial charge in [0, 0.05) is 16.0 Å². The van der Waals surface area contributed by atoms with Crippen LogP contribution in [0, 0.1) is 5.92 Å². The summed E-state index contributed by atoms with van der Waals surface area (Å²) in [6, 6.07) is 6.76. The first-order chi connectivity index (χ1) is 9.65. The Morgan fingerprint density at radius 1 is 1.20 bits per heavy atom. The minimum absolute atomic E-state index is 0.157. The van der Waals surface area contributed by atoms with Crippen molar-refractivity contribution < 1.29 is 19.1 Å². The molecule has 1 aromatic rings. The first-order valence-electron chi connectivity index (χ1n) is 6.28. The zero-order valence-corrected chi connectivity index (χ0v) is 11.7. The summed E-state index contributed by atoms with van der Waals surface area (Å²) in [5.41, 5.74) is 1.01. The lowest BCUT2D eigenvalue weighted by Gasteiger charge is -2.10. The Morgan fingerprint density at radius 3 is 2.35 bits per heavy atom. The number of hydrogen-bond acceptors (Lipinski definition) is 5. The Hall–Kier alpha value is -1.88. The summed E-state index contributed by atoms with van der Waals surface area (Å²) in [6.45, 7) is 0. The Balaban J connectivity index is 2.12. The number of thioether (sulfide) groups is 1. The SMILES string of the molecule is COC(=O)C1CCSC1=C1C(=O)c2ccccc2C1=O. The maximum absolute atomic E-state index is 12.4. The summed E-state index contributed by atoms with van der Waals surface area (Å²) < 4.78 is 4.76. The molecule has 5 heteroatoms. The minimum atomic E-state index is -0.484. The molecule has 4 nitrogen and oxygen atoms in total. The number of methoxy groups -OCH3 is 1. The van der Waals surface area contributed by atoms with E-state index in [0.717, 1.165) is 5.75 Å². The van der Waals surface area contributed by atoms with Crippen molar-refractivity contribution in [3.63, 3.8) is 0 Å². The Morgan fingerprint density at radius 2 is 1.80 bits per heavy atom. The molecule has 0 saturated carbocycles. The average Bonchev–Trinajstić information content (AvgIpc) is 3.03. The Bertz CT molecular complexity index is 623. The van der Waals surface area contributed by atoms with Gasteiger partial charge in [0.15, 0.2) is 11.6 Å². The molecule has 1 saturated heterocycles. The van der Waals surface area contributed by atoms with Crippen LogP contribution in [0.15, 0.2) is 34.7 Å². The van der Waals surface area contributed by atoms with Crippen molar-refractivity contribution in [3.05, 3.63) is 45.9 Å². The monoisotopic (exact) mass is 288 g/mol. The van der Waals surface area contributed by atoms with E-state index in [1.54, 1.807) is 24.3 Å². The molecule has 1 aliphatic heterocycles. The van der Waals surface area contributed by atoms with E-state index in [1.807, 2.05) is 0 Å². The normalized spacial score (nSPS) is 21.4. The van der Waals surface area contributed by atoms with Crippen LogP contribution in [0.25, 0.3) is 0 Å². The van der Waals surface area contributed by atoms with Crippen molar-refractivity contribution in [1.29, 1.82) is 0 Å². The second kappa shape index (κ2) is 4.90. The lowest BCUT2D eigenvalue weighted by atomic mass is 10.00. The van der Waals surface area contributed by atoms with Gasteiger partial charge in [0.25, 0.3) is 0 Å². The summed E-state index contributed by atoms with van der Waals surface area (Å²) in [5.74, 6) is -0.695. The van der Waals surface area contributed by atoms with Gasteiger partial charge in [0.05, 0.1) is 18.6 Å². The van der Waals surface area contributed by atoms with Crippen molar-refractivity contribution in [3.8, 4) is 0 Å². The number of esters is 1. The molecule has 0 spiro atoms. The largest absolute Gasteiger partial charge is 0.469 e. The van der Waals surface area contributed by atoms with Crippen LogP contribution < -0.4 is 0 Å². The van der Waals surface area contributed by atoms with E-state index >= 15 is 0 Å². The topological polar surface area (TPSA) is 60.4 Å². The first-order valence-corrected chi connectivity index (χ1v) is 7.27. The van der Waals surface area contributed by atoms with E-state index in [9.17, 15) is 14.4 Å². The number of rotatable bonds is 1. The Labute approximate surface area is 120 Å². The molecule has 2 aliphatic rings. The number of ether oxygens (including phenoxy) is 1. The third-order valence-electron chi connectivity index (χ3n) is 3.58. The molecule has 1 aliphatic carbocycles. The molecule has 0 bridgehead atoms. The number of carbonyl (C=O) groups excluding carboxylic acids is 3. The molecule has 102 valence electrons. The highest BCUT2D eigenvalue weighted by molar-refractivity contribution is 8.03. The lowest BCUT2D eigenvalue weighted by Crippen LogP contribution is -2.17. The number of ketones is 2. The minimum Gasteiger partial charge on any atom is -0.469 e. The Kier molecular flexibility index (Phi) is 3.22. The highest BCUT2D eigenvalue weighted by Crippen LogP contribution is 2.42. The molecule has 0 N–H and O–H groups in total. The van der Waals surface area contributed by atoms with Gasteiger partial charge in [-0.25, -0.2) is 0 Å². The maximum atomic E-state index is 12.4. The van der Waals surface area contributed by atoms with Crippen LogP contribution in [-0.2, 0) is 9.53 Å². The number of fused-ring (bicyclic) bond motifs is 1. The maximum Gasteiger partial charge on any atom is 0.313 e. The zero-order valence-electron chi connectivity index (χ0n) is 10.8. The van der Waals surface area contributed by atoms with Gasteiger partial charge in [-0.3, -0.25) is 14.4 Å². The van der Waals surface area contributed by atoms with Gasteiger partial charge < -0.3 is 4.74 Å². The number of carbonyl (C=O) groups is 3. The van der Waals surface area contributed by atoms with E-state index in [0.29, 0.717) is 22.5 Å². The van der Waals surface area contributed by atoms with Gasteiger partial charge in [-0.05, 0) is 12.2 Å². The van der Waals surface area contributed by atoms with Crippen LogP contribution >= 0.6 is 11.8 Å². The average molecular weight is 288 g/mol. The predicted molar refractivity (Wildman–Crippen MR) is 74.7 cm³/mol.